The lowest BCUT2D eigenvalue weighted by Crippen LogP contribution is -2.36. The van der Waals surface area contributed by atoms with Gasteiger partial charge in [-0.1, -0.05) is 36.4 Å². The van der Waals surface area contributed by atoms with Crippen LogP contribution in [0.15, 0.2) is 48.5 Å². The molecule has 0 aliphatic carbocycles. The Hall–Kier alpha value is -2.04. The molecule has 0 unspecified atom stereocenters. The van der Waals surface area contributed by atoms with Crippen LogP contribution in [0.3, 0.4) is 0 Å². The second-order valence-electron chi connectivity index (χ2n) is 7.10. The van der Waals surface area contributed by atoms with Gasteiger partial charge in [0, 0.05) is 18.2 Å². The normalized spacial score (nSPS) is 17.0. The van der Waals surface area contributed by atoms with Gasteiger partial charge in [-0.3, -0.25) is 4.90 Å². The first kappa shape index (κ1) is 18.7. The van der Waals surface area contributed by atoms with Crippen molar-refractivity contribution in [2.75, 3.05) is 20.2 Å². The minimum atomic E-state index is -0.201. The average molecular weight is 355 g/mol. The number of aliphatic hydroxyl groups is 1. The van der Waals surface area contributed by atoms with E-state index in [0.29, 0.717) is 12.5 Å². The van der Waals surface area contributed by atoms with Gasteiger partial charge in [0.15, 0.2) is 0 Å². The third-order valence-electron chi connectivity index (χ3n) is 5.22. The van der Waals surface area contributed by atoms with E-state index in [1.807, 2.05) is 37.3 Å². The molecule has 1 N–H and O–H groups in total. The summed E-state index contributed by atoms with van der Waals surface area (Å²) >= 11 is 0. The summed E-state index contributed by atoms with van der Waals surface area (Å²) in [4.78, 5) is 2.43. The van der Waals surface area contributed by atoms with Gasteiger partial charge in [-0.05, 0) is 50.4 Å². The molecule has 1 aliphatic rings. The standard InChI is InChI=1S/C22H29NO3/c1-17(24)19-10-12-23(13-11-19)15-20-8-9-21(14-22(20)25-2)26-16-18-6-4-3-5-7-18/h3-9,14,17,19,24H,10-13,15-16H2,1-2H3/t17-/m1/s1. The fourth-order valence-corrected chi connectivity index (χ4v) is 3.52. The first-order valence-corrected chi connectivity index (χ1v) is 9.40. The lowest BCUT2D eigenvalue weighted by Gasteiger charge is -2.33. The summed E-state index contributed by atoms with van der Waals surface area (Å²) in [5.74, 6) is 2.12. The van der Waals surface area contributed by atoms with E-state index in [0.717, 1.165) is 49.5 Å². The number of rotatable bonds is 7. The molecule has 1 aliphatic heterocycles. The largest absolute Gasteiger partial charge is 0.496 e. The van der Waals surface area contributed by atoms with Gasteiger partial charge in [0.2, 0.25) is 0 Å². The van der Waals surface area contributed by atoms with Crippen LogP contribution >= 0.6 is 0 Å². The molecule has 3 rings (SSSR count). The van der Waals surface area contributed by atoms with Crippen LogP contribution in [0.25, 0.3) is 0 Å². The molecule has 1 atom stereocenters. The summed E-state index contributed by atoms with van der Waals surface area (Å²) in [6.45, 7) is 5.36. The quantitative estimate of drug-likeness (QED) is 0.819. The van der Waals surface area contributed by atoms with Crippen molar-refractivity contribution in [2.24, 2.45) is 5.92 Å². The molecule has 1 fully saturated rings. The predicted octanol–water partition coefficient (Wildman–Crippen LogP) is 3.87. The number of hydrogen-bond donors (Lipinski definition) is 1. The van der Waals surface area contributed by atoms with Crippen molar-refractivity contribution < 1.29 is 14.6 Å². The third-order valence-corrected chi connectivity index (χ3v) is 5.22. The molecule has 26 heavy (non-hydrogen) atoms. The van der Waals surface area contributed by atoms with Crippen LogP contribution in [0.2, 0.25) is 0 Å². The van der Waals surface area contributed by atoms with Gasteiger partial charge in [0.1, 0.15) is 18.1 Å². The second-order valence-corrected chi connectivity index (χ2v) is 7.10. The van der Waals surface area contributed by atoms with E-state index in [2.05, 4.69) is 23.1 Å². The summed E-state index contributed by atoms with van der Waals surface area (Å²) < 4.78 is 11.5. The molecule has 0 amide bonds. The molecule has 0 saturated carbocycles. The smallest absolute Gasteiger partial charge is 0.127 e. The maximum Gasteiger partial charge on any atom is 0.127 e. The van der Waals surface area contributed by atoms with Crippen LogP contribution in [0.1, 0.15) is 30.9 Å². The molecular formula is C22H29NO3. The van der Waals surface area contributed by atoms with Gasteiger partial charge in [-0.15, -0.1) is 0 Å². The van der Waals surface area contributed by atoms with E-state index in [9.17, 15) is 5.11 Å². The number of aliphatic hydroxyl groups excluding tert-OH is 1. The highest BCUT2D eigenvalue weighted by atomic mass is 16.5. The van der Waals surface area contributed by atoms with Crippen LogP contribution in [-0.2, 0) is 13.2 Å². The Morgan fingerprint density at radius 2 is 1.85 bits per heavy atom. The van der Waals surface area contributed by atoms with E-state index in [4.69, 9.17) is 9.47 Å². The van der Waals surface area contributed by atoms with Crippen LogP contribution in [0.4, 0.5) is 0 Å². The second kappa shape index (κ2) is 9.06. The summed E-state index contributed by atoms with van der Waals surface area (Å²) in [6, 6.07) is 16.2. The van der Waals surface area contributed by atoms with Gasteiger partial charge in [0.05, 0.1) is 13.2 Å². The van der Waals surface area contributed by atoms with Gasteiger partial charge in [-0.25, -0.2) is 0 Å². The number of likely N-dealkylation sites (tertiary alicyclic amines) is 1. The van der Waals surface area contributed by atoms with E-state index < -0.39 is 0 Å². The van der Waals surface area contributed by atoms with E-state index in [-0.39, 0.29) is 6.10 Å². The molecular weight excluding hydrogens is 326 g/mol. The molecule has 4 heteroatoms. The maximum atomic E-state index is 9.75. The molecule has 140 valence electrons. The highest BCUT2D eigenvalue weighted by Gasteiger charge is 2.23. The molecule has 0 radical (unpaired) electrons. The number of ether oxygens (including phenoxy) is 2. The van der Waals surface area contributed by atoms with E-state index >= 15 is 0 Å². The van der Waals surface area contributed by atoms with Crippen molar-refractivity contribution in [2.45, 2.75) is 39.0 Å². The van der Waals surface area contributed by atoms with Crippen molar-refractivity contribution in [3.05, 3.63) is 59.7 Å². The van der Waals surface area contributed by atoms with Gasteiger partial charge in [0.25, 0.3) is 0 Å². The van der Waals surface area contributed by atoms with E-state index in [1.54, 1.807) is 7.11 Å². The fraction of sp³-hybridized carbons (Fsp3) is 0.455. The van der Waals surface area contributed by atoms with Gasteiger partial charge < -0.3 is 14.6 Å². The number of hydrogen-bond acceptors (Lipinski definition) is 4. The summed E-state index contributed by atoms with van der Waals surface area (Å²) in [7, 11) is 1.71. The zero-order chi connectivity index (χ0) is 18.4. The first-order valence-electron chi connectivity index (χ1n) is 9.40. The zero-order valence-electron chi connectivity index (χ0n) is 15.7. The minimum Gasteiger partial charge on any atom is -0.496 e. The highest BCUT2D eigenvalue weighted by Crippen LogP contribution is 2.28. The van der Waals surface area contributed by atoms with Crippen LogP contribution < -0.4 is 9.47 Å². The zero-order valence-corrected chi connectivity index (χ0v) is 15.7. The minimum absolute atomic E-state index is 0.201. The monoisotopic (exact) mass is 355 g/mol. The van der Waals surface area contributed by atoms with Crippen molar-refractivity contribution in [3.8, 4) is 11.5 Å². The molecule has 4 nitrogen and oxygen atoms in total. The first-order chi connectivity index (χ1) is 12.7. The van der Waals surface area contributed by atoms with Crippen LogP contribution in [0.5, 0.6) is 11.5 Å². The van der Waals surface area contributed by atoms with Crippen molar-refractivity contribution in [1.29, 1.82) is 0 Å². The van der Waals surface area contributed by atoms with Crippen LogP contribution in [-0.4, -0.2) is 36.3 Å². The molecule has 2 aromatic carbocycles. The Morgan fingerprint density at radius 1 is 1.12 bits per heavy atom. The van der Waals surface area contributed by atoms with Crippen LogP contribution in [0, 0.1) is 5.92 Å². The molecule has 0 aromatic heterocycles. The predicted molar refractivity (Wildman–Crippen MR) is 103 cm³/mol. The third kappa shape index (κ3) is 4.99. The summed E-state index contributed by atoms with van der Waals surface area (Å²) in [6.07, 6.45) is 1.91. The van der Waals surface area contributed by atoms with Crippen molar-refractivity contribution in [1.82, 2.24) is 4.90 Å². The fourth-order valence-electron chi connectivity index (χ4n) is 3.52. The Kier molecular flexibility index (Phi) is 6.53. The Bertz CT molecular complexity index is 679. The SMILES string of the molecule is COc1cc(OCc2ccccc2)ccc1CN1CCC([C@@H](C)O)CC1. The van der Waals surface area contributed by atoms with E-state index in [1.165, 1.54) is 5.56 Å². The Labute approximate surface area is 156 Å². The average Bonchev–Trinajstić information content (AvgIpc) is 2.68. The Balaban J connectivity index is 1.58. The maximum absolute atomic E-state index is 9.75. The van der Waals surface area contributed by atoms with Crippen molar-refractivity contribution in [3.63, 3.8) is 0 Å². The molecule has 1 saturated heterocycles. The number of nitrogens with zero attached hydrogens (tertiary/aromatic N) is 1. The molecule has 2 aromatic rings. The Morgan fingerprint density at radius 3 is 2.50 bits per heavy atom. The lowest BCUT2D eigenvalue weighted by atomic mass is 9.92. The van der Waals surface area contributed by atoms with Gasteiger partial charge in [-0.2, -0.15) is 0 Å². The summed E-state index contributed by atoms with van der Waals surface area (Å²) in [5, 5.41) is 9.75. The molecule has 0 spiro atoms. The van der Waals surface area contributed by atoms with Crippen molar-refractivity contribution >= 4 is 0 Å². The molecule has 1 heterocycles. The van der Waals surface area contributed by atoms with Gasteiger partial charge >= 0.3 is 0 Å². The number of methoxy groups -OCH3 is 1. The molecule has 0 bridgehead atoms. The topological polar surface area (TPSA) is 41.9 Å². The highest BCUT2D eigenvalue weighted by molar-refractivity contribution is 5.41. The lowest BCUT2D eigenvalue weighted by molar-refractivity contribution is 0.0693. The summed E-state index contributed by atoms with van der Waals surface area (Å²) in [5.41, 5.74) is 2.33. The number of benzene rings is 2. The number of piperidine rings is 1.